The van der Waals surface area contributed by atoms with Gasteiger partial charge in [-0.3, -0.25) is 0 Å². The zero-order valence-electron chi connectivity index (χ0n) is 23.4. The number of thiophene rings is 2. The number of hydrogen-bond donors (Lipinski definition) is 0. The quantitative estimate of drug-likeness (QED) is 0.135. The van der Waals surface area contributed by atoms with Gasteiger partial charge in [-0.1, -0.05) is 79.1 Å². The smallest absolute Gasteiger partial charge is 0.146 e. The van der Waals surface area contributed by atoms with Crippen LogP contribution in [0.3, 0.4) is 0 Å². The zero-order valence-corrected chi connectivity index (χ0v) is 25.0. The maximum Gasteiger partial charge on any atom is 0.146 e. The molecule has 0 radical (unpaired) electrons. The van der Waals surface area contributed by atoms with Crippen molar-refractivity contribution in [2.24, 2.45) is 0 Å². The van der Waals surface area contributed by atoms with Crippen LogP contribution in [0.2, 0.25) is 0 Å². The predicted molar refractivity (Wildman–Crippen MR) is 163 cm³/mol. The summed E-state index contributed by atoms with van der Waals surface area (Å²) in [6.45, 7) is 9.14. The molecular weight excluding hydrogens is 480 g/mol. The summed E-state index contributed by atoms with van der Waals surface area (Å²) in [5.41, 5.74) is 0. The molecule has 0 saturated carbocycles. The van der Waals surface area contributed by atoms with E-state index < -0.39 is 0 Å². The van der Waals surface area contributed by atoms with Crippen molar-refractivity contribution in [1.29, 1.82) is 0 Å². The van der Waals surface area contributed by atoms with Gasteiger partial charge in [0.05, 0.1) is 21.6 Å². The van der Waals surface area contributed by atoms with Crippen molar-refractivity contribution in [2.75, 3.05) is 0 Å². The molecule has 0 amide bonds. The average Bonchev–Trinajstić information content (AvgIpc) is 3.56. The first-order chi connectivity index (χ1) is 17.7. The largest absolute Gasteiger partial charge is 0.488 e. The summed E-state index contributed by atoms with van der Waals surface area (Å²) in [6.07, 6.45) is 20.5. The lowest BCUT2D eigenvalue weighted by Crippen LogP contribution is -2.18. The summed E-state index contributed by atoms with van der Waals surface area (Å²) in [5, 5.41) is 6.95. The van der Waals surface area contributed by atoms with E-state index in [9.17, 15) is 0 Å². The van der Waals surface area contributed by atoms with Crippen molar-refractivity contribution in [3.8, 4) is 11.5 Å². The fourth-order valence-corrected chi connectivity index (χ4v) is 6.94. The first kappa shape index (κ1) is 29.3. The topological polar surface area (TPSA) is 18.5 Å². The summed E-state index contributed by atoms with van der Waals surface area (Å²) < 4.78 is 16.4. The Labute approximate surface area is 228 Å². The Morgan fingerprint density at radius 2 is 0.861 bits per heavy atom. The molecule has 0 N–H and O–H groups in total. The summed E-state index contributed by atoms with van der Waals surface area (Å²) in [4.78, 5) is 0. The molecule has 0 saturated heterocycles. The second-order valence-corrected chi connectivity index (χ2v) is 12.3. The lowest BCUT2D eigenvalue weighted by atomic mass is 10.0. The number of unbranched alkanes of at least 4 members (excludes halogenated alkanes) is 8. The molecule has 0 bridgehead atoms. The van der Waals surface area contributed by atoms with Gasteiger partial charge in [0.15, 0.2) is 0 Å². The summed E-state index contributed by atoms with van der Waals surface area (Å²) in [7, 11) is 0. The summed E-state index contributed by atoms with van der Waals surface area (Å²) in [6, 6.07) is 4.53. The van der Waals surface area contributed by atoms with E-state index >= 15 is 0 Å². The van der Waals surface area contributed by atoms with Crippen LogP contribution in [0, 0.1) is 0 Å². The van der Waals surface area contributed by atoms with E-state index in [-0.39, 0.29) is 0 Å². The Morgan fingerprint density at radius 1 is 0.528 bits per heavy atom. The Bertz CT molecular complexity index is 842. The van der Waals surface area contributed by atoms with Crippen LogP contribution in [-0.2, 0) is 0 Å². The van der Waals surface area contributed by atoms with Crippen LogP contribution < -0.4 is 9.47 Å². The van der Waals surface area contributed by atoms with E-state index in [1.54, 1.807) is 0 Å². The van der Waals surface area contributed by atoms with Gasteiger partial charge in [-0.15, -0.1) is 22.7 Å². The molecule has 1 aromatic carbocycles. The molecular formula is C32H50O2S2. The van der Waals surface area contributed by atoms with Crippen LogP contribution in [0.5, 0.6) is 11.5 Å². The molecule has 3 rings (SSSR count). The first-order valence-electron chi connectivity index (χ1n) is 15.0. The first-order valence-corrected chi connectivity index (χ1v) is 16.7. The molecule has 2 aromatic heterocycles. The zero-order chi connectivity index (χ0) is 25.6. The normalized spacial score (nSPS) is 11.9. The van der Waals surface area contributed by atoms with Crippen LogP contribution in [-0.4, -0.2) is 12.2 Å². The van der Waals surface area contributed by atoms with Gasteiger partial charge in [0.2, 0.25) is 0 Å². The highest BCUT2D eigenvalue weighted by molar-refractivity contribution is 7.19. The van der Waals surface area contributed by atoms with Gasteiger partial charge >= 0.3 is 0 Å². The highest BCUT2D eigenvalue weighted by Crippen LogP contribution is 2.48. The van der Waals surface area contributed by atoms with Gasteiger partial charge < -0.3 is 9.47 Å². The highest BCUT2D eigenvalue weighted by atomic mass is 32.1. The second kappa shape index (κ2) is 16.6. The molecule has 0 atom stereocenters. The lowest BCUT2D eigenvalue weighted by Gasteiger charge is -2.23. The van der Waals surface area contributed by atoms with Crippen LogP contribution in [0.4, 0.5) is 0 Å². The second-order valence-electron chi connectivity index (χ2n) is 10.4. The Kier molecular flexibility index (Phi) is 13.5. The van der Waals surface area contributed by atoms with Crippen LogP contribution in [0.1, 0.15) is 130 Å². The third kappa shape index (κ3) is 8.38. The van der Waals surface area contributed by atoms with E-state index in [1.165, 1.54) is 97.2 Å². The molecule has 202 valence electrons. The van der Waals surface area contributed by atoms with Crippen LogP contribution in [0.15, 0.2) is 22.9 Å². The van der Waals surface area contributed by atoms with Crippen molar-refractivity contribution >= 4 is 42.8 Å². The molecule has 0 spiro atoms. The number of ether oxygens (including phenoxy) is 2. The van der Waals surface area contributed by atoms with Crippen molar-refractivity contribution in [2.45, 2.75) is 143 Å². The van der Waals surface area contributed by atoms with E-state index in [0.29, 0.717) is 12.2 Å². The fraction of sp³-hybridized carbons (Fsp3) is 0.688. The number of fused-ring (bicyclic) bond motifs is 2. The van der Waals surface area contributed by atoms with Crippen molar-refractivity contribution in [1.82, 2.24) is 0 Å². The van der Waals surface area contributed by atoms with Gasteiger partial charge in [-0.25, -0.2) is 0 Å². The molecule has 0 aliphatic heterocycles. The molecule has 3 aromatic rings. The van der Waals surface area contributed by atoms with E-state index in [1.807, 2.05) is 22.7 Å². The maximum atomic E-state index is 6.93. The minimum absolute atomic E-state index is 0.305. The number of rotatable bonds is 20. The molecule has 36 heavy (non-hydrogen) atoms. The predicted octanol–water partition coefficient (Wildman–Crippen LogP) is 11.9. The Balaban J connectivity index is 1.90. The fourth-order valence-electron chi connectivity index (χ4n) is 5.15. The van der Waals surface area contributed by atoms with Crippen LogP contribution in [0.25, 0.3) is 20.2 Å². The minimum atomic E-state index is 0.305. The summed E-state index contributed by atoms with van der Waals surface area (Å²) in [5.74, 6) is 2.21. The van der Waals surface area contributed by atoms with E-state index in [2.05, 4.69) is 50.6 Å². The average molecular weight is 531 g/mol. The van der Waals surface area contributed by atoms with Gasteiger partial charge in [0.1, 0.15) is 11.5 Å². The third-order valence-corrected chi connectivity index (χ3v) is 9.15. The molecule has 0 aliphatic rings. The Hall–Kier alpha value is -1.26. The van der Waals surface area contributed by atoms with Crippen molar-refractivity contribution in [3.05, 3.63) is 22.9 Å². The third-order valence-electron chi connectivity index (χ3n) is 7.32. The van der Waals surface area contributed by atoms with Crippen molar-refractivity contribution in [3.63, 3.8) is 0 Å². The Morgan fingerprint density at radius 3 is 1.17 bits per heavy atom. The monoisotopic (exact) mass is 530 g/mol. The number of benzene rings is 1. The van der Waals surface area contributed by atoms with E-state index in [0.717, 1.165) is 37.2 Å². The standard InChI is InChI=1S/C32H50O2S2/c1-5-9-13-17-25(18-14-10-6-2)33-29-27-21-23-36-32(27)30(28-22-24-35-31(28)29)34-26(19-15-11-7-3)20-16-12-8-4/h21-26H,5-20H2,1-4H3. The maximum absolute atomic E-state index is 6.93. The molecule has 0 aliphatic carbocycles. The van der Waals surface area contributed by atoms with Crippen LogP contribution >= 0.6 is 22.7 Å². The summed E-state index contributed by atoms with van der Waals surface area (Å²) >= 11 is 3.63. The number of hydrogen-bond acceptors (Lipinski definition) is 4. The highest BCUT2D eigenvalue weighted by Gasteiger charge is 2.23. The lowest BCUT2D eigenvalue weighted by molar-refractivity contribution is 0.174. The molecule has 4 heteroatoms. The van der Waals surface area contributed by atoms with Gasteiger partial charge in [0, 0.05) is 10.8 Å². The minimum Gasteiger partial charge on any atom is -0.488 e. The molecule has 2 nitrogen and oxygen atoms in total. The van der Waals surface area contributed by atoms with E-state index in [4.69, 9.17) is 9.47 Å². The molecule has 2 heterocycles. The molecule has 0 unspecified atom stereocenters. The van der Waals surface area contributed by atoms with Gasteiger partial charge in [-0.05, 0) is 74.3 Å². The van der Waals surface area contributed by atoms with Gasteiger partial charge in [0.25, 0.3) is 0 Å². The van der Waals surface area contributed by atoms with Gasteiger partial charge in [-0.2, -0.15) is 0 Å². The molecule has 0 fully saturated rings. The SMILES string of the molecule is CCCCCC(CCCCC)Oc1c2ccsc2c(OC(CCCCC)CCCCC)c2ccsc12. The van der Waals surface area contributed by atoms with Crippen molar-refractivity contribution < 1.29 is 9.47 Å².